The van der Waals surface area contributed by atoms with Gasteiger partial charge in [0.1, 0.15) is 17.2 Å². The second-order valence-corrected chi connectivity index (χ2v) is 8.35. The number of aromatic nitrogens is 4. The summed E-state index contributed by atoms with van der Waals surface area (Å²) in [5.41, 5.74) is 10.3. The van der Waals surface area contributed by atoms with Crippen LogP contribution in [0.1, 0.15) is 12.5 Å². The average molecular weight is 496 g/mol. The molecular weight excluding hydrogens is 473 g/mol. The molecule has 0 fully saturated rings. The molecule has 0 aliphatic heterocycles. The molecule has 2 amide bonds. The lowest BCUT2D eigenvalue weighted by atomic mass is 10.1. The summed E-state index contributed by atoms with van der Waals surface area (Å²) in [4.78, 5) is 36.7. The van der Waals surface area contributed by atoms with E-state index in [2.05, 4.69) is 25.6 Å². The molecule has 37 heavy (non-hydrogen) atoms. The van der Waals surface area contributed by atoms with Crippen molar-refractivity contribution < 1.29 is 14.0 Å². The van der Waals surface area contributed by atoms with Crippen molar-refractivity contribution in [3.8, 4) is 17.1 Å². The second-order valence-electron chi connectivity index (χ2n) is 8.35. The molecule has 2 aromatic carbocycles. The summed E-state index contributed by atoms with van der Waals surface area (Å²) in [6.07, 6.45) is 2.88. The SMILES string of the molecule is CC(=O)Nc1ccc(NC(=O)Cc2ccc(-n3c(-c4cccnc4N)nc4cc(F)cnc43)cc2)cc1. The number of carbonyl (C=O) groups is 2. The number of hydrogen-bond acceptors (Lipinski definition) is 6. The maximum absolute atomic E-state index is 13.9. The van der Waals surface area contributed by atoms with Gasteiger partial charge in [-0.05, 0) is 54.1 Å². The van der Waals surface area contributed by atoms with Gasteiger partial charge in [0.05, 0.1) is 18.2 Å². The quantitative estimate of drug-likeness (QED) is 0.321. The molecule has 0 saturated carbocycles. The van der Waals surface area contributed by atoms with E-state index < -0.39 is 5.82 Å². The van der Waals surface area contributed by atoms with Gasteiger partial charge >= 0.3 is 0 Å². The number of imidazole rings is 1. The smallest absolute Gasteiger partial charge is 0.228 e. The Balaban J connectivity index is 1.39. The third kappa shape index (κ3) is 5.13. The first-order chi connectivity index (χ1) is 17.9. The van der Waals surface area contributed by atoms with Crippen LogP contribution in [-0.4, -0.2) is 31.3 Å². The third-order valence-corrected chi connectivity index (χ3v) is 5.59. The number of anilines is 3. The van der Waals surface area contributed by atoms with E-state index in [9.17, 15) is 14.0 Å². The fourth-order valence-corrected chi connectivity index (χ4v) is 3.97. The van der Waals surface area contributed by atoms with E-state index >= 15 is 0 Å². The molecule has 5 rings (SSSR count). The van der Waals surface area contributed by atoms with Crippen LogP contribution in [0.25, 0.3) is 28.2 Å². The minimum atomic E-state index is -0.492. The number of fused-ring (bicyclic) bond motifs is 1. The van der Waals surface area contributed by atoms with Crippen LogP contribution in [-0.2, 0) is 16.0 Å². The molecule has 4 N–H and O–H groups in total. The predicted molar refractivity (Wildman–Crippen MR) is 140 cm³/mol. The van der Waals surface area contributed by atoms with Crippen molar-refractivity contribution in [2.24, 2.45) is 0 Å². The van der Waals surface area contributed by atoms with E-state index in [-0.39, 0.29) is 24.1 Å². The van der Waals surface area contributed by atoms with E-state index in [0.717, 1.165) is 17.4 Å². The molecule has 0 aliphatic rings. The summed E-state index contributed by atoms with van der Waals surface area (Å²) in [5.74, 6) is -0.0734. The number of amides is 2. The van der Waals surface area contributed by atoms with Crippen molar-refractivity contribution in [3.63, 3.8) is 0 Å². The zero-order valence-corrected chi connectivity index (χ0v) is 19.8. The van der Waals surface area contributed by atoms with Crippen molar-refractivity contribution in [1.82, 2.24) is 19.5 Å². The molecule has 0 atom stereocenters. The Morgan fingerprint density at radius 3 is 2.35 bits per heavy atom. The van der Waals surface area contributed by atoms with Crippen LogP contribution in [0.2, 0.25) is 0 Å². The Hall–Kier alpha value is -5.12. The molecular formula is C27H22FN7O2. The normalized spacial score (nSPS) is 10.9. The zero-order chi connectivity index (χ0) is 25.9. The van der Waals surface area contributed by atoms with Crippen molar-refractivity contribution in [2.75, 3.05) is 16.4 Å². The Bertz CT molecular complexity index is 1610. The van der Waals surface area contributed by atoms with Crippen LogP contribution in [0, 0.1) is 5.82 Å². The highest BCUT2D eigenvalue weighted by Crippen LogP contribution is 2.30. The average Bonchev–Trinajstić information content (AvgIpc) is 3.24. The van der Waals surface area contributed by atoms with Crippen LogP contribution >= 0.6 is 0 Å². The standard InChI is InChI=1S/C27H22FN7O2/c1-16(36)32-19-6-8-20(9-7-19)33-24(37)13-17-4-10-21(11-5-17)35-26(22-3-2-12-30-25(22)29)34-23-14-18(28)15-31-27(23)35/h2-12,14-15H,13H2,1H3,(H2,29,30)(H,32,36)(H,33,37). The summed E-state index contributed by atoms with van der Waals surface area (Å²) in [7, 11) is 0. The first-order valence-electron chi connectivity index (χ1n) is 11.4. The van der Waals surface area contributed by atoms with Gasteiger partial charge in [-0.15, -0.1) is 0 Å². The first kappa shape index (κ1) is 23.6. The summed E-state index contributed by atoms with van der Waals surface area (Å²) < 4.78 is 15.6. The Morgan fingerprint density at radius 1 is 0.973 bits per heavy atom. The van der Waals surface area contributed by atoms with Gasteiger partial charge < -0.3 is 16.4 Å². The topological polar surface area (TPSA) is 128 Å². The van der Waals surface area contributed by atoms with Gasteiger partial charge in [0, 0.05) is 36.2 Å². The molecule has 0 saturated heterocycles. The minimum absolute atomic E-state index is 0.157. The maximum Gasteiger partial charge on any atom is 0.228 e. The second kappa shape index (κ2) is 9.86. The summed E-state index contributed by atoms with van der Waals surface area (Å²) >= 11 is 0. The van der Waals surface area contributed by atoms with Crippen molar-refractivity contribution >= 4 is 40.2 Å². The monoisotopic (exact) mass is 495 g/mol. The lowest BCUT2D eigenvalue weighted by Gasteiger charge is -2.11. The number of nitrogen functional groups attached to an aromatic ring is 1. The Labute approximate surface area is 211 Å². The molecule has 3 aromatic heterocycles. The van der Waals surface area contributed by atoms with E-state index in [1.165, 1.54) is 13.0 Å². The van der Waals surface area contributed by atoms with Gasteiger partial charge in [-0.2, -0.15) is 0 Å². The highest BCUT2D eigenvalue weighted by Gasteiger charge is 2.18. The molecule has 0 aliphatic carbocycles. The molecule has 0 spiro atoms. The van der Waals surface area contributed by atoms with Crippen LogP contribution in [0.3, 0.4) is 0 Å². The van der Waals surface area contributed by atoms with E-state index in [0.29, 0.717) is 33.9 Å². The highest BCUT2D eigenvalue weighted by molar-refractivity contribution is 5.93. The first-order valence-corrected chi connectivity index (χ1v) is 11.4. The Kier molecular flexibility index (Phi) is 6.29. The third-order valence-electron chi connectivity index (χ3n) is 5.59. The fourth-order valence-electron chi connectivity index (χ4n) is 3.97. The van der Waals surface area contributed by atoms with Crippen LogP contribution in [0.15, 0.2) is 79.1 Å². The summed E-state index contributed by atoms with van der Waals surface area (Å²) in [5, 5.41) is 5.53. The van der Waals surface area contributed by atoms with Crippen LogP contribution in [0.4, 0.5) is 21.6 Å². The van der Waals surface area contributed by atoms with Gasteiger partial charge in [0.25, 0.3) is 0 Å². The molecule has 0 radical (unpaired) electrons. The molecule has 10 heteroatoms. The number of rotatable bonds is 6. The van der Waals surface area contributed by atoms with Crippen molar-refractivity contribution in [1.29, 1.82) is 0 Å². The number of pyridine rings is 2. The van der Waals surface area contributed by atoms with Crippen molar-refractivity contribution in [3.05, 3.63) is 90.5 Å². The highest BCUT2D eigenvalue weighted by atomic mass is 19.1. The number of nitrogens with two attached hydrogens (primary N) is 1. The molecule has 0 bridgehead atoms. The molecule has 184 valence electrons. The van der Waals surface area contributed by atoms with Gasteiger partial charge in [-0.3, -0.25) is 14.2 Å². The van der Waals surface area contributed by atoms with Gasteiger partial charge in [-0.1, -0.05) is 12.1 Å². The van der Waals surface area contributed by atoms with Crippen molar-refractivity contribution in [2.45, 2.75) is 13.3 Å². The van der Waals surface area contributed by atoms with Gasteiger partial charge in [0.15, 0.2) is 11.5 Å². The lowest BCUT2D eigenvalue weighted by molar-refractivity contribution is -0.116. The number of carbonyl (C=O) groups excluding carboxylic acids is 2. The largest absolute Gasteiger partial charge is 0.383 e. The minimum Gasteiger partial charge on any atom is -0.383 e. The molecule has 9 nitrogen and oxygen atoms in total. The summed E-state index contributed by atoms with van der Waals surface area (Å²) in [6, 6.07) is 19.1. The summed E-state index contributed by atoms with van der Waals surface area (Å²) in [6.45, 7) is 1.43. The van der Waals surface area contributed by atoms with E-state index in [4.69, 9.17) is 5.73 Å². The van der Waals surface area contributed by atoms with Gasteiger partial charge in [0.2, 0.25) is 11.8 Å². The zero-order valence-electron chi connectivity index (χ0n) is 19.8. The Morgan fingerprint density at radius 2 is 1.68 bits per heavy atom. The molecule has 5 aromatic rings. The number of benzene rings is 2. The van der Waals surface area contributed by atoms with Crippen LogP contribution in [0.5, 0.6) is 0 Å². The van der Waals surface area contributed by atoms with Gasteiger partial charge in [-0.25, -0.2) is 19.3 Å². The lowest BCUT2D eigenvalue weighted by Crippen LogP contribution is -2.14. The molecule has 0 unspecified atom stereocenters. The number of nitrogens with one attached hydrogen (secondary N) is 2. The predicted octanol–water partition coefficient (Wildman–Crippen LogP) is 4.34. The number of hydrogen-bond donors (Lipinski definition) is 3. The van der Waals surface area contributed by atoms with E-state index in [1.807, 2.05) is 24.3 Å². The number of nitrogens with zero attached hydrogens (tertiary/aromatic N) is 4. The fraction of sp³-hybridized carbons (Fsp3) is 0.0741. The van der Waals surface area contributed by atoms with Crippen LogP contribution < -0.4 is 16.4 Å². The van der Waals surface area contributed by atoms with E-state index in [1.54, 1.807) is 47.2 Å². The molecule has 3 heterocycles. The number of halogens is 1. The maximum atomic E-state index is 13.9.